The van der Waals surface area contributed by atoms with E-state index in [2.05, 4.69) is 10.5 Å². The molecule has 0 heterocycles. The van der Waals surface area contributed by atoms with Gasteiger partial charge in [-0.1, -0.05) is 16.8 Å². The molecule has 0 unspecified atom stereocenters. The van der Waals surface area contributed by atoms with Gasteiger partial charge in [-0.05, 0) is 44.5 Å². The van der Waals surface area contributed by atoms with E-state index in [0.717, 1.165) is 5.56 Å². The third-order valence-electron chi connectivity index (χ3n) is 2.59. The standard InChI is InChI=1S/C12H16ClN3O2/c1-7-6-8(4-5-9(7)13)10(17)15-12(2,3)11(14)16-18/h4-6,18H,1-3H3,(H2,14,16)(H,15,17). The predicted octanol–water partition coefficient (Wildman–Crippen LogP) is 1.90. The summed E-state index contributed by atoms with van der Waals surface area (Å²) in [5.74, 6) is -0.382. The molecule has 0 spiro atoms. The Morgan fingerprint density at radius 2 is 2.11 bits per heavy atom. The molecule has 1 aromatic rings. The first-order chi connectivity index (χ1) is 8.27. The Balaban J connectivity index is 2.92. The molecule has 0 aromatic heterocycles. The molecule has 1 amide bonds. The zero-order valence-corrected chi connectivity index (χ0v) is 11.2. The monoisotopic (exact) mass is 269 g/mol. The summed E-state index contributed by atoms with van der Waals surface area (Å²) in [7, 11) is 0. The lowest BCUT2D eigenvalue weighted by Gasteiger charge is -2.24. The first-order valence-electron chi connectivity index (χ1n) is 5.34. The first kappa shape index (κ1) is 14.3. The molecule has 0 bridgehead atoms. The maximum absolute atomic E-state index is 12.0. The lowest BCUT2D eigenvalue weighted by Crippen LogP contribution is -2.53. The second-order valence-corrected chi connectivity index (χ2v) is 4.94. The minimum atomic E-state index is -0.931. The van der Waals surface area contributed by atoms with Crippen LogP contribution in [0.4, 0.5) is 0 Å². The van der Waals surface area contributed by atoms with E-state index < -0.39 is 5.54 Å². The molecule has 0 aliphatic heterocycles. The summed E-state index contributed by atoms with van der Waals surface area (Å²) in [6.07, 6.45) is 0. The van der Waals surface area contributed by atoms with Crippen LogP contribution in [0.3, 0.4) is 0 Å². The van der Waals surface area contributed by atoms with E-state index in [1.165, 1.54) is 0 Å². The fourth-order valence-electron chi connectivity index (χ4n) is 1.33. The number of carbonyl (C=O) groups is 1. The molecule has 98 valence electrons. The van der Waals surface area contributed by atoms with Gasteiger partial charge in [0.25, 0.3) is 5.91 Å². The number of nitrogens with one attached hydrogen (secondary N) is 1. The van der Waals surface area contributed by atoms with Gasteiger partial charge in [0.05, 0.1) is 5.54 Å². The van der Waals surface area contributed by atoms with Gasteiger partial charge in [-0.25, -0.2) is 0 Å². The largest absolute Gasteiger partial charge is 0.409 e. The maximum Gasteiger partial charge on any atom is 0.252 e. The molecule has 0 radical (unpaired) electrons. The zero-order chi connectivity index (χ0) is 13.9. The van der Waals surface area contributed by atoms with Crippen molar-refractivity contribution in [2.75, 3.05) is 0 Å². The van der Waals surface area contributed by atoms with Crippen molar-refractivity contribution in [1.29, 1.82) is 0 Å². The second-order valence-electron chi connectivity index (χ2n) is 4.53. The van der Waals surface area contributed by atoms with Gasteiger partial charge in [-0.2, -0.15) is 0 Å². The Morgan fingerprint density at radius 3 is 2.61 bits per heavy atom. The fourth-order valence-corrected chi connectivity index (χ4v) is 1.45. The summed E-state index contributed by atoms with van der Waals surface area (Å²) in [6, 6.07) is 4.95. The molecule has 0 aliphatic carbocycles. The molecule has 0 saturated heterocycles. The van der Waals surface area contributed by atoms with Crippen LogP contribution in [0.5, 0.6) is 0 Å². The number of hydrogen-bond acceptors (Lipinski definition) is 3. The van der Waals surface area contributed by atoms with E-state index in [1.54, 1.807) is 32.0 Å². The molecule has 0 fully saturated rings. The molecule has 1 aromatic carbocycles. The Labute approximate surface area is 111 Å². The van der Waals surface area contributed by atoms with Gasteiger partial charge in [0.15, 0.2) is 5.84 Å². The number of halogens is 1. The first-order valence-corrected chi connectivity index (χ1v) is 5.72. The average Bonchev–Trinajstić information content (AvgIpc) is 2.30. The minimum absolute atomic E-state index is 0.0680. The second kappa shape index (κ2) is 5.27. The van der Waals surface area contributed by atoms with Gasteiger partial charge in [0, 0.05) is 10.6 Å². The molecular weight excluding hydrogens is 254 g/mol. The van der Waals surface area contributed by atoms with E-state index in [9.17, 15) is 4.79 Å². The molecule has 1 rings (SSSR count). The van der Waals surface area contributed by atoms with Gasteiger partial charge in [-0.3, -0.25) is 4.79 Å². The van der Waals surface area contributed by atoms with Crippen molar-refractivity contribution in [1.82, 2.24) is 5.32 Å². The van der Waals surface area contributed by atoms with Gasteiger partial charge >= 0.3 is 0 Å². The van der Waals surface area contributed by atoms with Crippen LogP contribution in [0.25, 0.3) is 0 Å². The van der Waals surface area contributed by atoms with E-state index in [0.29, 0.717) is 10.6 Å². The summed E-state index contributed by atoms with van der Waals surface area (Å²) in [5, 5.41) is 14.8. The molecule has 18 heavy (non-hydrogen) atoms. The summed E-state index contributed by atoms with van der Waals surface area (Å²) in [4.78, 5) is 12.0. The Kier molecular flexibility index (Phi) is 4.19. The van der Waals surface area contributed by atoms with Crippen LogP contribution >= 0.6 is 11.6 Å². The van der Waals surface area contributed by atoms with Crippen molar-refractivity contribution in [3.05, 3.63) is 34.3 Å². The molecule has 4 N–H and O–H groups in total. The number of benzene rings is 1. The summed E-state index contributed by atoms with van der Waals surface area (Å²) >= 11 is 5.89. The van der Waals surface area contributed by atoms with Crippen LogP contribution in [0, 0.1) is 6.92 Å². The lowest BCUT2D eigenvalue weighted by molar-refractivity contribution is 0.0930. The van der Waals surface area contributed by atoms with Crippen molar-refractivity contribution >= 4 is 23.3 Å². The Hall–Kier alpha value is -1.75. The third kappa shape index (κ3) is 3.13. The molecular formula is C12H16ClN3O2. The highest BCUT2D eigenvalue weighted by Crippen LogP contribution is 2.16. The quantitative estimate of drug-likeness (QED) is 0.339. The van der Waals surface area contributed by atoms with Gasteiger partial charge in [0.2, 0.25) is 0 Å². The lowest BCUT2D eigenvalue weighted by atomic mass is 10.0. The number of aryl methyl sites for hydroxylation is 1. The normalized spacial score (nSPS) is 12.3. The SMILES string of the molecule is Cc1cc(C(=O)NC(C)(C)/C(N)=N/O)ccc1Cl. The van der Waals surface area contributed by atoms with Gasteiger partial charge < -0.3 is 16.3 Å². The topological polar surface area (TPSA) is 87.7 Å². The smallest absolute Gasteiger partial charge is 0.252 e. The fraction of sp³-hybridized carbons (Fsp3) is 0.333. The molecule has 0 aliphatic rings. The van der Waals surface area contributed by atoms with E-state index in [-0.39, 0.29) is 11.7 Å². The number of nitrogens with zero attached hydrogens (tertiary/aromatic N) is 1. The number of amides is 1. The van der Waals surface area contributed by atoms with Crippen LogP contribution in [0.15, 0.2) is 23.4 Å². The number of carbonyl (C=O) groups excluding carboxylic acids is 1. The highest BCUT2D eigenvalue weighted by Gasteiger charge is 2.26. The Bertz CT molecular complexity index is 498. The van der Waals surface area contributed by atoms with Gasteiger partial charge in [-0.15, -0.1) is 0 Å². The summed E-state index contributed by atoms with van der Waals surface area (Å²) < 4.78 is 0. The predicted molar refractivity (Wildman–Crippen MR) is 71.1 cm³/mol. The molecule has 0 atom stereocenters. The van der Waals surface area contributed by atoms with E-state index in [4.69, 9.17) is 22.5 Å². The summed E-state index contributed by atoms with van der Waals surface area (Å²) in [6.45, 7) is 5.10. The van der Waals surface area contributed by atoms with Crippen LogP contribution in [-0.2, 0) is 0 Å². The molecule has 5 nitrogen and oxygen atoms in total. The van der Waals surface area contributed by atoms with Crippen molar-refractivity contribution in [2.24, 2.45) is 10.9 Å². The number of rotatable bonds is 3. The van der Waals surface area contributed by atoms with Crippen molar-refractivity contribution in [3.63, 3.8) is 0 Å². The van der Waals surface area contributed by atoms with Crippen LogP contribution in [0.1, 0.15) is 29.8 Å². The van der Waals surface area contributed by atoms with Crippen LogP contribution in [0.2, 0.25) is 5.02 Å². The number of hydrogen-bond donors (Lipinski definition) is 3. The maximum atomic E-state index is 12.0. The van der Waals surface area contributed by atoms with Crippen LogP contribution < -0.4 is 11.1 Å². The number of amidine groups is 1. The summed E-state index contributed by atoms with van der Waals surface area (Å²) in [5.41, 5.74) is 5.84. The molecule has 0 saturated carbocycles. The number of oxime groups is 1. The minimum Gasteiger partial charge on any atom is -0.409 e. The van der Waals surface area contributed by atoms with Crippen LogP contribution in [-0.4, -0.2) is 22.5 Å². The highest BCUT2D eigenvalue weighted by molar-refractivity contribution is 6.31. The van der Waals surface area contributed by atoms with Gasteiger partial charge in [0.1, 0.15) is 0 Å². The molecule has 6 heteroatoms. The van der Waals surface area contributed by atoms with E-state index >= 15 is 0 Å². The van der Waals surface area contributed by atoms with Crippen molar-refractivity contribution in [3.8, 4) is 0 Å². The number of nitrogens with two attached hydrogens (primary N) is 1. The highest BCUT2D eigenvalue weighted by atomic mass is 35.5. The average molecular weight is 270 g/mol. The Morgan fingerprint density at radius 1 is 1.50 bits per heavy atom. The van der Waals surface area contributed by atoms with Crippen molar-refractivity contribution in [2.45, 2.75) is 26.3 Å². The zero-order valence-electron chi connectivity index (χ0n) is 10.5. The third-order valence-corrected chi connectivity index (χ3v) is 3.02. The van der Waals surface area contributed by atoms with Crippen molar-refractivity contribution < 1.29 is 10.0 Å². The van der Waals surface area contributed by atoms with E-state index in [1.807, 2.05) is 6.92 Å².